The fraction of sp³-hybridized carbons (Fsp3) is 0.143. The molecule has 4 heteroatoms. The number of hydrogen-bond donors (Lipinski definition) is 1. The van der Waals surface area contributed by atoms with Gasteiger partial charge >= 0.3 is 5.97 Å². The van der Waals surface area contributed by atoms with Crippen LogP contribution < -0.4 is 0 Å². The third kappa shape index (κ3) is 2.32. The summed E-state index contributed by atoms with van der Waals surface area (Å²) in [4.78, 5) is 11.4. The number of carboxylic acid groups (broad SMARTS) is 1. The number of hydrogen-bond acceptors (Lipinski definition) is 3. The molecule has 0 radical (unpaired) electrons. The van der Waals surface area contributed by atoms with E-state index in [2.05, 4.69) is 5.16 Å². The van der Waals surface area contributed by atoms with Gasteiger partial charge in [-0.05, 0) is 25.5 Å². The van der Waals surface area contributed by atoms with Crippen LogP contribution in [0.1, 0.15) is 22.6 Å². The third-order valence-corrected chi connectivity index (χ3v) is 2.64. The van der Waals surface area contributed by atoms with Gasteiger partial charge in [0.05, 0.1) is 16.8 Å². The summed E-state index contributed by atoms with van der Waals surface area (Å²) in [5.74, 6) is -0.481. The van der Waals surface area contributed by atoms with Crippen molar-refractivity contribution in [3.05, 3.63) is 52.9 Å². The van der Waals surface area contributed by atoms with E-state index in [0.29, 0.717) is 17.0 Å². The maximum atomic E-state index is 11.4. The van der Waals surface area contributed by atoms with E-state index >= 15 is 0 Å². The van der Waals surface area contributed by atoms with Gasteiger partial charge in [-0.15, -0.1) is 0 Å². The Labute approximate surface area is 105 Å². The SMILES string of the molecule is Cc1noc(C)c1/C(=C/c1ccccc1)C(=O)O. The monoisotopic (exact) mass is 243 g/mol. The van der Waals surface area contributed by atoms with Gasteiger partial charge in [-0.3, -0.25) is 0 Å². The Morgan fingerprint density at radius 1 is 1.28 bits per heavy atom. The molecule has 0 unspecified atom stereocenters. The first-order valence-corrected chi connectivity index (χ1v) is 5.53. The molecule has 1 heterocycles. The van der Waals surface area contributed by atoms with Gasteiger partial charge < -0.3 is 9.63 Å². The number of benzene rings is 1. The minimum Gasteiger partial charge on any atom is -0.478 e. The Kier molecular flexibility index (Phi) is 3.28. The average molecular weight is 243 g/mol. The van der Waals surface area contributed by atoms with Crippen LogP contribution in [0, 0.1) is 13.8 Å². The summed E-state index contributed by atoms with van der Waals surface area (Å²) < 4.78 is 5.01. The highest BCUT2D eigenvalue weighted by Gasteiger charge is 2.19. The minimum atomic E-state index is -0.992. The van der Waals surface area contributed by atoms with Gasteiger partial charge in [-0.1, -0.05) is 35.5 Å². The zero-order valence-electron chi connectivity index (χ0n) is 10.2. The highest BCUT2D eigenvalue weighted by atomic mass is 16.5. The molecule has 0 aliphatic heterocycles. The maximum Gasteiger partial charge on any atom is 0.336 e. The predicted octanol–water partition coefficient (Wildman–Crippen LogP) is 2.92. The Morgan fingerprint density at radius 3 is 2.44 bits per heavy atom. The highest BCUT2D eigenvalue weighted by Crippen LogP contribution is 2.25. The van der Waals surface area contributed by atoms with Crippen molar-refractivity contribution in [2.24, 2.45) is 0 Å². The van der Waals surface area contributed by atoms with Gasteiger partial charge in [-0.25, -0.2) is 4.79 Å². The quantitative estimate of drug-likeness (QED) is 0.842. The Morgan fingerprint density at radius 2 is 1.94 bits per heavy atom. The van der Waals surface area contributed by atoms with Crippen molar-refractivity contribution in [3.8, 4) is 0 Å². The summed E-state index contributed by atoms with van der Waals surface area (Å²) in [5.41, 5.74) is 2.15. The van der Waals surface area contributed by atoms with E-state index in [9.17, 15) is 9.90 Å². The van der Waals surface area contributed by atoms with Crippen molar-refractivity contribution in [3.63, 3.8) is 0 Å². The summed E-state index contributed by atoms with van der Waals surface area (Å²) in [6.07, 6.45) is 1.62. The van der Waals surface area contributed by atoms with Crippen LogP contribution in [-0.4, -0.2) is 16.2 Å². The smallest absolute Gasteiger partial charge is 0.336 e. The van der Waals surface area contributed by atoms with E-state index in [0.717, 1.165) is 5.56 Å². The number of rotatable bonds is 3. The molecule has 0 saturated carbocycles. The second kappa shape index (κ2) is 4.87. The number of aryl methyl sites for hydroxylation is 2. The molecule has 4 nitrogen and oxygen atoms in total. The van der Waals surface area contributed by atoms with Gasteiger partial charge in [0.25, 0.3) is 0 Å². The molecule has 2 rings (SSSR count). The molecule has 0 fully saturated rings. The van der Waals surface area contributed by atoms with Gasteiger partial charge in [0.15, 0.2) is 0 Å². The van der Waals surface area contributed by atoms with Crippen molar-refractivity contribution in [1.82, 2.24) is 5.16 Å². The van der Waals surface area contributed by atoms with E-state index in [1.807, 2.05) is 30.3 Å². The van der Waals surface area contributed by atoms with Gasteiger partial charge in [0, 0.05) is 0 Å². The predicted molar refractivity (Wildman–Crippen MR) is 67.9 cm³/mol. The lowest BCUT2D eigenvalue weighted by atomic mass is 10.0. The van der Waals surface area contributed by atoms with Crippen molar-refractivity contribution in [1.29, 1.82) is 0 Å². The fourth-order valence-electron chi connectivity index (χ4n) is 1.82. The number of aromatic nitrogens is 1. The molecule has 1 aromatic heterocycles. The molecule has 0 bridgehead atoms. The third-order valence-electron chi connectivity index (χ3n) is 2.64. The Bertz CT molecular complexity index is 577. The van der Waals surface area contributed by atoms with Crippen LogP contribution in [0.3, 0.4) is 0 Å². The molecule has 2 aromatic rings. The lowest BCUT2D eigenvalue weighted by molar-refractivity contribution is -0.130. The largest absolute Gasteiger partial charge is 0.478 e. The van der Waals surface area contributed by atoms with E-state index < -0.39 is 5.97 Å². The molecule has 0 saturated heterocycles. The second-order valence-electron chi connectivity index (χ2n) is 3.97. The molecule has 0 spiro atoms. The van der Waals surface area contributed by atoms with Crippen molar-refractivity contribution in [2.45, 2.75) is 13.8 Å². The van der Waals surface area contributed by atoms with E-state index in [-0.39, 0.29) is 5.57 Å². The zero-order chi connectivity index (χ0) is 13.1. The molecule has 0 aliphatic rings. The number of nitrogens with zero attached hydrogens (tertiary/aromatic N) is 1. The molecular weight excluding hydrogens is 230 g/mol. The van der Waals surface area contributed by atoms with Crippen LogP contribution in [0.15, 0.2) is 34.9 Å². The summed E-state index contributed by atoms with van der Waals surface area (Å²) >= 11 is 0. The normalized spacial score (nSPS) is 11.6. The van der Waals surface area contributed by atoms with Gasteiger partial charge in [-0.2, -0.15) is 0 Å². The Balaban J connectivity index is 2.55. The van der Waals surface area contributed by atoms with E-state index in [1.165, 1.54) is 0 Å². The summed E-state index contributed by atoms with van der Waals surface area (Å²) in [6, 6.07) is 9.30. The van der Waals surface area contributed by atoms with Crippen molar-refractivity contribution >= 4 is 17.6 Å². The summed E-state index contributed by atoms with van der Waals surface area (Å²) in [5, 5.41) is 13.1. The molecular formula is C14H13NO3. The number of carboxylic acids is 1. The molecule has 0 aliphatic carbocycles. The number of carbonyl (C=O) groups is 1. The van der Waals surface area contributed by atoms with Crippen molar-refractivity contribution in [2.75, 3.05) is 0 Å². The molecule has 1 aromatic carbocycles. The lowest BCUT2D eigenvalue weighted by Crippen LogP contribution is -2.01. The van der Waals surface area contributed by atoms with Crippen LogP contribution in [0.25, 0.3) is 11.6 Å². The minimum absolute atomic E-state index is 0.192. The van der Waals surface area contributed by atoms with Crippen LogP contribution in [-0.2, 0) is 4.79 Å². The maximum absolute atomic E-state index is 11.4. The molecule has 92 valence electrons. The molecule has 0 atom stereocenters. The second-order valence-corrected chi connectivity index (χ2v) is 3.97. The summed E-state index contributed by atoms with van der Waals surface area (Å²) in [7, 11) is 0. The van der Waals surface area contributed by atoms with E-state index in [1.54, 1.807) is 19.9 Å². The molecule has 0 amide bonds. The van der Waals surface area contributed by atoms with Crippen LogP contribution in [0.2, 0.25) is 0 Å². The van der Waals surface area contributed by atoms with Crippen LogP contribution >= 0.6 is 0 Å². The highest BCUT2D eigenvalue weighted by molar-refractivity contribution is 6.21. The average Bonchev–Trinajstić information content (AvgIpc) is 2.67. The lowest BCUT2D eigenvalue weighted by Gasteiger charge is -2.02. The van der Waals surface area contributed by atoms with Gasteiger partial charge in [0.2, 0.25) is 0 Å². The first-order chi connectivity index (χ1) is 8.59. The number of aliphatic carboxylic acids is 1. The van der Waals surface area contributed by atoms with Crippen molar-refractivity contribution < 1.29 is 14.4 Å². The molecule has 1 N–H and O–H groups in total. The Hall–Kier alpha value is -2.36. The first-order valence-electron chi connectivity index (χ1n) is 5.53. The topological polar surface area (TPSA) is 63.3 Å². The van der Waals surface area contributed by atoms with Crippen LogP contribution in [0.5, 0.6) is 0 Å². The van der Waals surface area contributed by atoms with E-state index in [4.69, 9.17) is 4.52 Å². The summed E-state index contributed by atoms with van der Waals surface area (Å²) in [6.45, 7) is 3.44. The fourth-order valence-corrected chi connectivity index (χ4v) is 1.82. The van der Waals surface area contributed by atoms with Crippen LogP contribution in [0.4, 0.5) is 0 Å². The zero-order valence-corrected chi connectivity index (χ0v) is 10.2. The standard InChI is InChI=1S/C14H13NO3/c1-9-13(10(2)18-15-9)12(14(16)17)8-11-6-4-3-5-7-11/h3-8H,1-2H3,(H,16,17)/b12-8-. The molecule has 18 heavy (non-hydrogen) atoms. The first kappa shape index (κ1) is 12.1. The van der Waals surface area contributed by atoms with Gasteiger partial charge in [0.1, 0.15) is 5.76 Å².